The zero-order valence-corrected chi connectivity index (χ0v) is 15.6. The molecular weight excluding hydrogens is 356 g/mol. The molecule has 0 bridgehead atoms. The van der Waals surface area contributed by atoms with Gasteiger partial charge >= 0.3 is 0 Å². The lowest BCUT2D eigenvalue weighted by Crippen LogP contribution is -2.41. The van der Waals surface area contributed by atoms with Gasteiger partial charge in [-0.3, -0.25) is 4.79 Å². The number of nitrogens with one attached hydrogen (secondary N) is 1. The highest BCUT2D eigenvalue weighted by Gasteiger charge is 2.31. The first-order valence-electron chi connectivity index (χ1n) is 8.23. The minimum Gasteiger partial charge on any atom is -0.347 e. The van der Waals surface area contributed by atoms with Gasteiger partial charge < -0.3 is 11.1 Å². The molecule has 3 aromatic rings. The van der Waals surface area contributed by atoms with E-state index in [9.17, 15) is 4.79 Å². The third-order valence-electron chi connectivity index (χ3n) is 4.53. The lowest BCUT2D eigenvalue weighted by atomic mass is 10.2. The van der Waals surface area contributed by atoms with Crippen LogP contribution in [-0.2, 0) is 0 Å². The molecule has 1 unspecified atom stereocenters. The maximum absolute atomic E-state index is 12.6. The smallest absolute Gasteiger partial charge is 0.261 e. The van der Waals surface area contributed by atoms with Crippen LogP contribution in [-0.4, -0.2) is 28.3 Å². The van der Waals surface area contributed by atoms with Crippen molar-refractivity contribution in [1.82, 2.24) is 15.1 Å². The Balaban J connectivity index is 0.00000182. The second-order valence-corrected chi connectivity index (χ2v) is 7.35. The lowest BCUT2D eigenvalue weighted by Gasteiger charge is -2.15. The van der Waals surface area contributed by atoms with Crippen LogP contribution in [0.15, 0.2) is 36.4 Å². The summed E-state index contributed by atoms with van der Waals surface area (Å²) in [6.45, 7) is 2.47. The van der Waals surface area contributed by atoms with E-state index in [1.165, 1.54) is 11.3 Å². The molecule has 1 aliphatic rings. The third kappa shape index (κ3) is 3.42. The number of para-hydroxylation sites is 1. The monoisotopic (exact) mass is 376 g/mol. The van der Waals surface area contributed by atoms with E-state index < -0.39 is 0 Å². The van der Waals surface area contributed by atoms with E-state index in [-0.39, 0.29) is 24.4 Å². The molecule has 1 aliphatic carbocycles. The van der Waals surface area contributed by atoms with E-state index in [0.29, 0.717) is 17.3 Å². The molecule has 0 spiro atoms. The quantitative estimate of drug-likeness (QED) is 0.717. The summed E-state index contributed by atoms with van der Waals surface area (Å²) in [5.74, 6) is 0.521. The van der Waals surface area contributed by atoms with E-state index >= 15 is 0 Å². The van der Waals surface area contributed by atoms with Gasteiger partial charge in [0.05, 0.1) is 16.3 Å². The van der Waals surface area contributed by atoms with Crippen molar-refractivity contribution in [2.75, 3.05) is 6.54 Å². The van der Waals surface area contributed by atoms with Crippen molar-refractivity contribution in [3.05, 3.63) is 47.0 Å². The Morgan fingerprint density at radius 2 is 2.12 bits per heavy atom. The van der Waals surface area contributed by atoms with Gasteiger partial charge in [-0.05, 0) is 43.9 Å². The largest absolute Gasteiger partial charge is 0.347 e. The van der Waals surface area contributed by atoms with Gasteiger partial charge in [-0.2, -0.15) is 5.10 Å². The minimum atomic E-state index is -0.0300. The lowest BCUT2D eigenvalue weighted by molar-refractivity contribution is 0.0937. The molecule has 5 nitrogen and oxygen atoms in total. The number of aryl methyl sites for hydroxylation is 1. The van der Waals surface area contributed by atoms with Gasteiger partial charge in [-0.1, -0.05) is 18.2 Å². The summed E-state index contributed by atoms with van der Waals surface area (Å²) in [5, 5.41) is 8.73. The Hall–Kier alpha value is -1.89. The molecule has 3 N–H and O–H groups in total. The minimum absolute atomic E-state index is 0. The molecule has 1 saturated carbocycles. The summed E-state index contributed by atoms with van der Waals surface area (Å²) in [6.07, 6.45) is 2.33. The highest BCUT2D eigenvalue weighted by Crippen LogP contribution is 2.33. The summed E-state index contributed by atoms with van der Waals surface area (Å²) >= 11 is 1.48. The van der Waals surface area contributed by atoms with Gasteiger partial charge in [0.15, 0.2) is 0 Å². The Kier molecular flexibility index (Phi) is 5.13. The number of nitrogens with zero attached hydrogens (tertiary/aromatic N) is 2. The van der Waals surface area contributed by atoms with Crippen LogP contribution in [0.2, 0.25) is 0 Å². The molecule has 2 heterocycles. The van der Waals surface area contributed by atoms with Crippen LogP contribution in [0.5, 0.6) is 0 Å². The predicted octanol–water partition coefficient (Wildman–Crippen LogP) is 3.28. The highest BCUT2D eigenvalue weighted by molar-refractivity contribution is 7.20. The number of hydrogen-bond acceptors (Lipinski definition) is 4. The number of nitrogens with two attached hydrogens (primary N) is 1. The first-order valence-corrected chi connectivity index (χ1v) is 9.04. The van der Waals surface area contributed by atoms with Crippen molar-refractivity contribution in [3.8, 4) is 5.69 Å². The second kappa shape index (κ2) is 7.15. The Labute approximate surface area is 156 Å². The molecule has 0 saturated heterocycles. The van der Waals surface area contributed by atoms with Crippen LogP contribution in [0.1, 0.15) is 28.2 Å². The van der Waals surface area contributed by atoms with E-state index in [1.54, 1.807) is 0 Å². The fourth-order valence-electron chi connectivity index (χ4n) is 3.01. The SMILES string of the molecule is Cc1nn(-c2ccccc2)c2sc(C(=O)NC(CN)C3CC3)cc12.Cl. The molecule has 0 radical (unpaired) electrons. The maximum Gasteiger partial charge on any atom is 0.261 e. The maximum atomic E-state index is 12.6. The van der Waals surface area contributed by atoms with Gasteiger partial charge in [0, 0.05) is 18.0 Å². The molecule has 0 aliphatic heterocycles. The van der Waals surface area contributed by atoms with Crippen LogP contribution < -0.4 is 11.1 Å². The number of hydrogen-bond donors (Lipinski definition) is 2. The zero-order chi connectivity index (χ0) is 16.7. The van der Waals surface area contributed by atoms with Gasteiger partial charge in [0.1, 0.15) is 4.83 Å². The number of aromatic nitrogens is 2. The van der Waals surface area contributed by atoms with Crippen LogP contribution in [0.25, 0.3) is 15.9 Å². The number of carbonyl (C=O) groups excluding carboxylic acids is 1. The van der Waals surface area contributed by atoms with Crippen molar-refractivity contribution >= 4 is 39.9 Å². The number of thiophene rings is 1. The van der Waals surface area contributed by atoms with Crippen molar-refractivity contribution in [3.63, 3.8) is 0 Å². The summed E-state index contributed by atoms with van der Waals surface area (Å²) in [7, 11) is 0. The Morgan fingerprint density at radius 1 is 1.40 bits per heavy atom. The van der Waals surface area contributed by atoms with Gasteiger partial charge in [-0.15, -0.1) is 23.7 Å². The zero-order valence-electron chi connectivity index (χ0n) is 13.9. The molecule has 7 heteroatoms. The number of halogens is 1. The van der Waals surface area contributed by atoms with E-state index in [2.05, 4.69) is 10.4 Å². The number of benzene rings is 1. The topological polar surface area (TPSA) is 72.9 Å². The van der Waals surface area contributed by atoms with Crippen molar-refractivity contribution in [2.24, 2.45) is 11.7 Å². The van der Waals surface area contributed by atoms with Crippen LogP contribution in [0.3, 0.4) is 0 Å². The molecule has 1 aromatic carbocycles. The first-order chi connectivity index (χ1) is 11.7. The average Bonchev–Trinajstić information content (AvgIpc) is 3.27. The average molecular weight is 377 g/mol. The van der Waals surface area contributed by atoms with E-state index in [0.717, 1.165) is 34.4 Å². The molecule has 1 atom stereocenters. The standard InChI is InChI=1S/C18H20N4OS.ClH/c1-11-14-9-16(17(23)20-15(10-19)12-7-8-12)24-18(14)22(21-11)13-5-3-2-4-6-13;/h2-6,9,12,15H,7-8,10,19H2,1H3,(H,20,23);1H. The predicted molar refractivity (Wildman–Crippen MR) is 104 cm³/mol. The second-order valence-electron chi connectivity index (χ2n) is 6.32. The van der Waals surface area contributed by atoms with Crippen LogP contribution >= 0.6 is 23.7 Å². The number of fused-ring (bicyclic) bond motifs is 1. The molecule has 25 heavy (non-hydrogen) atoms. The Morgan fingerprint density at radius 3 is 2.76 bits per heavy atom. The highest BCUT2D eigenvalue weighted by atomic mass is 35.5. The normalized spacial score (nSPS) is 15.0. The molecule has 2 aromatic heterocycles. The van der Waals surface area contributed by atoms with Crippen LogP contribution in [0, 0.1) is 12.8 Å². The Bertz CT molecular complexity index is 885. The van der Waals surface area contributed by atoms with E-state index in [1.807, 2.05) is 48.0 Å². The molecule has 132 valence electrons. The van der Waals surface area contributed by atoms with E-state index in [4.69, 9.17) is 5.73 Å². The molecule has 4 rings (SSSR count). The fourth-order valence-corrected chi connectivity index (χ4v) is 4.10. The van der Waals surface area contributed by atoms with Crippen molar-refractivity contribution < 1.29 is 4.79 Å². The fraction of sp³-hybridized carbons (Fsp3) is 0.333. The molecule has 1 fully saturated rings. The molecular formula is C18H21ClN4OS. The number of rotatable bonds is 5. The number of carbonyl (C=O) groups is 1. The summed E-state index contributed by atoms with van der Waals surface area (Å²) in [4.78, 5) is 14.3. The summed E-state index contributed by atoms with van der Waals surface area (Å²) < 4.78 is 1.91. The van der Waals surface area contributed by atoms with Gasteiger partial charge in [0.25, 0.3) is 5.91 Å². The molecule has 1 amide bonds. The third-order valence-corrected chi connectivity index (χ3v) is 5.64. The van der Waals surface area contributed by atoms with Gasteiger partial charge in [0.2, 0.25) is 0 Å². The van der Waals surface area contributed by atoms with Crippen molar-refractivity contribution in [2.45, 2.75) is 25.8 Å². The van der Waals surface area contributed by atoms with Gasteiger partial charge in [-0.25, -0.2) is 4.68 Å². The number of amides is 1. The first kappa shape index (κ1) is 17.9. The van der Waals surface area contributed by atoms with Crippen molar-refractivity contribution in [1.29, 1.82) is 0 Å². The summed E-state index contributed by atoms with van der Waals surface area (Å²) in [5.41, 5.74) is 7.73. The van der Waals surface area contributed by atoms with Crippen LogP contribution in [0.4, 0.5) is 0 Å². The summed E-state index contributed by atoms with van der Waals surface area (Å²) in [6, 6.07) is 12.0.